The molecular weight excluding hydrogens is 412 g/mol. The maximum absolute atomic E-state index is 5.04. The van der Waals surface area contributed by atoms with Crippen LogP contribution in [0.25, 0.3) is 0 Å². The predicted molar refractivity (Wildman–Crippen MR) is 138 cm³/mol. The summed E-state index contributed by atoms with van der Waals surface area (Å²) in [4.78, 5) is 5.04. The predicted octanol–water partition coefficient (Wildman–Crippen LogP) is 7.19. The molecule has 1 unspecified atom stereocenters. The van der Waals surface area contributed by atoms with Gasteiger partial charge in [0, 0.05) is 12.1 Å². The van der Waals surface area contributed by atoms with Crippen molar-refractivity contribution < 1.29 is 0 Å². The van der Waals surface area contributed by atoms with Gasteiger partial charge in [-0.3, -0.25) is 0 Å². The number of hydrogen-bond donors (Lipinski definition) is 0. The van der Waals surface area contributed by atoms with E-state index in [0.29, 0.717) is 5.92 Å². The monoisotopic (exact) mass is 440 g/mol. The standard InChI is InChI=1S/C32H28N2/c1-4-15-26(16-5-1)32(27-17-6-2-7-18-27,28-19-8-3-9-20-28)34-23-31(33-24-34)30-22-12-14-25-13-10-11-21-29(25)30/h1-11,13,15-21,23-24,30H,12,14,22H2. The van der Waals surface area contributed by atoms with Gasteiger partial charge in [0.25, 0.3) is 0 Å². The first-order valence-corrected chi connectivity index (χ1v) is 12.2. The third kappa shape index (κ3) is 3.38. The molecule has 1 atom stereocenters. The average Bonchev–Trinajstić information content (AvgIpc) is 3.41. The molecule has 0 fully saturated rings. The minimum atomic E-state index is -0.511. The number of fused-ring (bicyclic) bond motifs is 1. The smallest absolute Gasteiger partial charge is 0.121 e. The van der Waals surface area contributed by atoms with E-state index in [2.05, 4.69) is 126 Å². The second-order valence-corrected chi connectivity index (χ2v) is 9.16. The first-order valence-electron chi connectivity index (χ1n) is 12.2. The van der Waals surface area contributed by atoms with Crippen molar-refractivity contribution >= 4 is 0 Å². The Morgan fingerprint density at radius 3 is 1.76 bits per heavy atom. The minimum absolute atomic E-state index is 0.339. The third-order valence-corrected chi connectivity index (χ3v) is 7.29. The van der Waals surface area contributed by atoms with Gasteiger partial charge in [0.05, 0.1) is 12.0 Å². The largest absolute Gasteiger partial charge is 0.319 e. The van der Waals surface area contributed by atoms with Crippen LogP contribution in [0.1, 0.15) is 52.3 Å². The Morgan fingerprint density at radius 1 is 0.647 bits per heavy atom. The van der Waals surface area contributed by atoms with Crippen molar-refractivity contribution in [2.75, 3.05) is 0 Å². The summed E-state index contributed by atoms with van der Waals surface area (Å²) in [6.07, 6.45) is 7.84. The average molecular weight is 441 g/mol. The van der Waals surface area contributed by atoms with Crippen molar-refractivity contribution in [2.45, 2.75) is 30.7 Å². The molecule has 0 spiro atoms. The molecule has 1 aliphatic carbocycles. The third-order valence-electron chi connectivity index (χ3n) is 7.29. The Hall–Kier alpha value is -3.91. The Labute approximate surface area is 201 Å². The van der Waals surface area contributed by atoms with Crippen LogP contribution in [0.15, 0.2) is 128 Å². The summed E-state index contributed by atoms with van der Waals surface area (Å²) in [6.45, 7) is 0. The van der Waals surface area contributed by atoms with Crippen LogP contribution in [-0.2, 0) is 12.0 Å². The molecule has 0 amide bonds. The van der Waals surface area contributed by atoms with Crippen LogP contribution in [0, 0.1) is 0 Å². The molecule has 1 aromatic heterocycles. The number of aryl methyl sites for hydroxylation is 1. The molecule has 0 N–H and O–H groups in total. The van der Waals surface area contributed by atoms with Crippen molar-refractivity contribution in [3.63, 3.8) is 0 Å². The molecule has 1 aliphatic rings. The Kier molecular flexibility index (Phi) is 5.35. The van der Waals surface area contributed by atoms with Crippen LogP contribution in [0.4, 0.5) is 0 Å². The number of benzene rings is 4. The van der Waals surface area contributed by atoms with Crippen molar-refractivity contribution in [1.29, 1.82) is 0 Å². The van der Waals surface area contributed by atoms with E-state index in [9.17, 15) is 0 Å². The van der Waals surface area contributed by atoms with Crippen LogP contribution < -0.4 is 0 Å². The summed E-state index contributed by atoms with van der Waals surface area (Å²) in [6, 6.07) is 41.3. The van der Waals surface area contributed by atoms with Gasteiger partial charge in [0.1, 0.15) is 5.54 Å². The molecule has 0 saturated carbocycles. The number of aromatic nitrogens is 2. The summed E-state index contributed by atoms with van der Waals surface area (Å²) in [5.41, 5.74) is 7.21. The second-order valence-electron chi connectivity index (χ2n) is 9.16. The van der Waals surface area contributed by atoms with Crippen molar-refractivity contribution in [2.24, 2.45) is 0 Å². The van der Waals surface area contributed by atoms with Crippen LogP contribution in [0.2, 0.25) is 0 Å². The van der Waals surface area contributed by atoms with Gasteiger partial charge >= 0.3 is 0 Å². The lowest BCUT2D eigenvalue weighted by Gasteiger charge is -2.37. The highest BCUT2D eigenvalue weighted by molar-refractivity contribution is 5.51. The molecular formula is C32H28N2. The van der Waals surface area contributed by atoms with E-state index < -0.39 is 5.54 Å². The number of hydrogen-bond acceptors (Lipinski definition) is 1. The first-order chi connectivity index (χ1) is 16.9. The SMILES string of the molecule is c1ccc(C(c2ccccc2)(c2ccccc2)n2cnc(C3CCCc4ccccc43)c2)cc1. The topological polar surface area (TPSA) is 17.8 Å². The van der Waals surface area contributed by atoms with Crippen LogP contribution in [-0.4, -0.2) is 9.55 Å². The molecule has 0 aliphatic heterocycles. The summed E-state index contributed by atoms with van der Waals surface area (Å²) >= 11 is 0. The zero-order valence-corrected chi connectivity index (χ0v) is 19.2. The van der Waals surface area contributed by atoms with Gasteiger partial charge in [-0.25, -0.2) is 4.98 Å². The Balaban J connectivity index is 1.58. The van der Waals surface area contributed by atoms with E-state index in [0.717, 1.165) is 18.5 Å². The van der Waals surface area contributed by atoms with Gasteiger partial charge in [-0.15, -0.1) is 0 Å². The van der Waals surface area contributed by atoms with Gasteiger partial charge in [0.15, 0.2) is 0 Å². The molecule has 34 heavy (non-hydrogen) atoms. The number of imidazole rings is 1. The Bertz CT molecular complexity index is 1270. The van der Waals surface area contributed by atoms with Gasteiger partial charge in [0.2, 0.25) is 0 Å². The van der Waals surface area contributed by atoms with Crippen molar-refractivity contribution in [3.8, 4) is 0 Å². The first kappa shape index (κ1) is 20.7. The lowest BCUT2D eigenvalue weighted by molar-refractivity contribution is 0.513. The van der Waals surface area contributed by atoms with Crippen molar-refractivity contribution in [1.82, 2.24) is 9.55 Å². The van der Waals surface area contributed by atoms with E-state index >= 15 is 0 Å². The van der Waals surface area contributed by atoms with E-state index in [1.54, 1.807) is 0 Å². The van der Waals surface area contributed by atoms with E-state index in [-0.39, 0.29) is 0 Å². The molecule has 0 saturated heterocycles. The maximum Gasteiger partial charge on any atom is 0.121 e. The summed E-state index contributed by atoms with van der Waals surface area (Å²) in [5, 5.41) is 0. The molecule has 6 rings (SSSR count). The van der Waals surface area contributed by atoms with E-state index in [1.165, 1.54) is 34.2 Å². The highest BCUT2D eigenvalue weighted by atomic mass is 15.1. The van der Waals surface area contributed by atoms with E-state index in [4.69, 9.17) is 4.98 Å². The molecule has 5 aromatic rings. The number of nitrogens with zero attached hydrogens (tertiary/aromatic N) is 2. The van der Waals surface area contributed by atoms with Gasteiger partial charge in [-0.1, -0.05) is 115 Å². The van der Waals surface area contributed by atoms with Gasteiger partial charge in [-0.2, -0.15) is 0 Å². The summed E-state index contributed by atoms with van der Waals surface area (Å²) < 4.78 is 2.33. The van der Waals surface area contributed by atoms with Gasteiger partial charge < -0.3 is 4.57 Å². The highest BCUT2D eigenvalue weighted by Gasteiger charge is 2.39. The zero-order chi connectivity index (χ0) is 22.8. The highest BCUT2D eigenvalue weighted by Crippen LogP contribution is 2.42. The maximum atomic E-state index is 5.04. The fourth-order valence-electron chi connectivity index (χ4n) is 5.75. The van der Waals surface area contributed by atoms with Gasteiger partial charge in [-0.05, 0) is 47.1 Å². The second kappa shape index (κ2) is 8.79. The zero-order valence-electron chi connectivity index (χ0n) is 19.2. The van der Waals surface area contributed by atoms with Crippen molar-refractivity contribution in [3.05, 3.63) is 161 Å². The molecule has 0 bridgehead atoms. The number of rotatable bonds is 5. The Morgan fingerprint density at radius 2 is 1.18 bits per heavy atom. The summed E-state index contributed by atoms with van der Waals surface area (Å²) in [5.74, 6) is 0.339. The van der Waals surface area contributed by atoms with E-state index in [1.807, 2.05) is 6.33 Å². The quantitative estimate of drug-likeness (QED) is 0.264. The molecule has 166 valence electrons. The fraction of sp³-hybridized carbons (Fsp3) is 0.156. The lowest BCUT2D eigenvalue weighted by Crippen LogP contribution is -2.37. The fourth-order valence-corrected chi connectivity index (χ4v) is 5.75. The molecule has 4 aromatic carbocycles. The molecule has 0 radical (unpaired) electrons. The van der Waals surface area contributed by atoms with Crippen LogP contribution in [0.3, 0.4) is 0 Å². The summed E-state index contributed by atoms with van der Waals surface area (Å²) in [7, 11) is 0. The normalized spacial score (nSPS) is 15.6. The molecule has 1 heterocycles. The van der Waals surface area contributed by atoms with Crippen LogP contribution in [0.5, 0.6) is 0 Å². The van der Waals surface area contributed by atoms with Crippen LogP contribution >= 0.6 is 0 Å². The lowest BCUT2D eigenvalue weighted by atomic mass is 9.76. The molecule has 2 nitrogen and oxygen atoms in total. The molecule has 2 heteroatoms. The minimum Gasteiger partial charge on any atom is -0.319 e.